The summed E-state index contributed by atoms with van der Waals surface area (Å²) in [6, 6.07) is 3.86. The second-order valence-electron chi connectivity index (χ2n) is 4.63. The van der Waals surface area contributed by atoms with E-state index in [1.807, 2.05) is 32.2 Å². The lowest BCUT2D eigenvalue weighted by molar-refractivity contribution is 0.130. The maximum Gasteiger partial charge on any atom is 0.243 e. The number of aryl methyl sites for hydroxylation is 1. The summed E-state index contributed by atoms with van der Waals surface area (Å²) in [5.74, 6) is 1.29. The fraction of sp³-hybridized carbons (Fsp3) is 0.500. The Balaban J connectivity index is 2.10. The van der Waals surface area contributed by atoms with Crippen LogP contribution >= 0.6 is 0 Å². The molecule has 1 N–H and O–H groups in total. The number of aromatic nitrogens is 3. The standard InChI is InChI=1S/C14H20N4O2/c1-3-13-16-14(20-17-13)11(2)18(7-8-19)10-12-5-4-6-15-9-12/h4-6,9,11,19H,3,7-8,10H2,1-2H3. The van der Waals surface area contributed by atoms with Crippen LogP contribution in [-0.2, 0) is 13.0 Å². The molecule has 0 aliphatic rings. The van der Waals surface area contributed by atoms with Crippen molar-refractivity contribution < 1.29 is 9.63 Å². The van der Waals surface area contributed by atoms with Crippen molar-refractivity contribution in [1.82, 2.24) is 20.0 Å². The van der Waals surface area contributed by atoms with Gasteiger partial charge in [-0.15, -0.1) is 0 Å². The molecule has 6 nitrogen and oxygen atoms in total. The van der Waals surface area contributed by atoms with Crippen molar-refractivity contribution in [3.8, 4) is 0 Å². The molecule has 0 aliphatic carbocycles. The van der Waals surface area contributed by atoms with Crippen molar-refractivity contribution >= 4 is 0 Å². The van der Waals surface area contributed by atoms with Gasteiger partial charge in [0, 0.05) is 31.9 Å². The predicted octanol–water partition coefficient (Wildman–Crippen LogP) is 1.58. The number of hydrogen-bond acceptors (Lipinski definition) is 6. The number of pyridine rings is 1. The second kappa shape index (κ2) is 7.12. The normalized spacial score (nSPS) is 12.8. The largest absolute Gasteiger partial charge is 0.395 e. The SMILES string of the molecule is CCc1noc(C(C)N(CCO)Cc2cccnc2)n1. The zero-order valence-electron chi connectivity index (χ0n) is 11.9. The minimum atomic E-state index is -0.0462. The molecule has 0 saturated carbocycles. The molecule has 2 aromatic heterocycles. The van der Waals surface area contributed by atoms with Gasteiger partial charge in [-0.2, -0.15) is 4.98 Å². The third kappa shape index (κ3) is 3.61. The third-order valence-corrected chi connectivity index (χ3v) is 3.20. The van der Waals surface area contributed by atoms with E-state index in [4.69, 9.17) is 4.52 Å². The topological polar surface area (TPSA) is 75.3 Å². The summed E-state index contributed by atoms with van der Waals surface area (Å²) in [4.78, 5) is 10.6. The smallest absolute Gasteiger partial charge is 0.243 e. The first-order valence-electron chi connectivity index (χ1n) is 6.81. The van der Waals surface area contributed by atoms with E-state index < -0.39 is 0 Å². The molecule has 2 aromatic rings. The molecule has 0 bridgehead atoms. The molecule has 0 fully saturated rings. The van der Waals surface area contributed by atoms with Gasteiger partial charge in [0.15, 0.2) is 5.82 Å². The summed E-state index contributed by atoms with van der Waals surface area (Å²) in [6.07, 6.45) is 4.32. The van der Waals surface area contributed by atoms with Gasteiger partial charge in [0.2, 0.25) is 5.89 Å². The Kier molecular flexibility index (Phi) is 5.20. The van der Waals surface area contributed by atoms with Crippen LogP contribution in [0.4, 0.5) is 0 Å². The van der Waals surface area contributed by atoms with E-state index in [0.29, 0.717) is 24.8 Å². The number of hydrogen-bond donors (Lipinski definition) is 1. The summed E-state index contributed by atoms with van der Waals surface area (Å²) in [5.41, 5.74) is 1.09. The highest BCUT2D eigenvalue weighted by Crippen LogP contribution is 2.20. The van der Waals surface area contributed by atoms with Crippen LogP contribution < -0.4 is 0 Å². The Hall–Kier alpha value is -1.79. The molecule has 0 aliphatic heterocycles. The van der Waals surface area contributed by atoms with E-state index >= 15 is 0 Å². The zero-order valence-corrected chi connectivity index (χ0v) is 11.9. The van der Waals surface area contributed by atoms with Gasteiger partial charge in [-0.1, -0.05) is 18.1 Å². The molecule has 6 heteroatoms. The van der Waals surface area contributed by atoms with Crippen molar-refractivity contribution in [1.29, 1.82) is 0 Å². The molecule has 0 spiro atoms. The molecule has 2 rings (SSSR count). The van der Waals surface area contributed by atoms with Crippen molar-refractivity contribution in [3.05, 3.63) is 41.8 Å². The van der Waals surface area contributed by atoms with Crippen LogP contribution in [0.15, 0.2) is 29.0 Å². The van der Waals surface area contributed by atoms with Crippen molar-refractivity contribution in [2.75, 3.05) is 13.2 Å². The van der Waals surface area contributed by atoms with Gasteiger partial charge in [0.05, 0.1) is 12.6 Å². The lowest BCUT2D eigenvalue weighted by Crippen LogP contribution is -2.29. The van der Waals surface area contributed by atoms with Gasteiger partial charge in [-0.25, -0.2) is 0 Å². The quantitative estimate of drug-likeness (QED) is 0.827. The van der Waals surface area contributed by atoms with Gasteiger partial charge < -0.3 is 9.63 Å². The maximum absolute atomic E-state index is 9.24. The first-order chi connectivity index (χ1) is 9.74. The molecule has 0 radical (unpaired) electrons. The molecule has 1 atom stereocenters. The highest BCUT2D eigenvalue weighted by molar-refractivity contribution is 5.08. The lowest BCUT2D eigenvalue weighted by Gasteiger charge is -2.25. The second-order valence-corrected chi connectivity index (χ2v) is 4.63. The number of aliphatic hydroxyl groups is 1. The van der Waals surface area contributed by atoms with E-state index in [1.54, 1.807) is 6.20 Å². The van der Waals surface area contributed by atoms with Crippen LogP contribution in [0.25, 0.3) is 0 Å². The van der Waals surface area contributed by atoms with Crippen LogP contribution in [0.3, 0.4) is 0 Å². The van der Waals surface area contributed by atoms with Crippen LogP contribution in [0.5, 0.6) is 0 Å². The minimum Gasteiger partial charge on any atom is -0.395 e. The Morgan fingerprint density at radius 3 is 2.90 bits per heavy atom. The molecular weight excluding hydrogens is 256 g/mol. The van der Waals surface area contributed by atoms with Gasteiger partial charge in [-0.3, -0.25) is 9.88 Å². The Morgan fingerprint density at radius 1 is 1.45 bits per heavy atom. The molecular formula is C14H20N4O2. The van der Waals surface area contributed by atoms with Crippen LogP contribution in [0.1, 0.15) is 37.2 Å². The fourth-order valence-corrected chi connectivity index (χ4v) is 2.00. The molecule has 0 aromatic carbocycles. The Bertz CT molecular complexity index is 515. The minimum absolute atomic E-state index is 0.0462. The fourth-order valence-electron chi connectivity index (χ4n) is 2.00. The van der Waals surface area contributed by atoms with Crippen molar-refractivity contribution in [2.45, 2.75) is 32.9 Å². The number of nitrogens with zero attached hydrogens (tertiary/aromatic N) is 4. The number of aliphatic hydroxyl groups excluding tert-OH is 1. The average Bonchev–Trinajstić information content (AvgIpc) is 2.96. The Morgan fingerprint density at radius 2 is 2.30 bits per heavy atom. The van der Waals surface area contributed by atoms with Gasteiger partial charge in [0.1, 0.15) is 0 Å². The average molecular weight is 276 g/mol. The molecule has 0 amide bonds. The van der Waals surface area contributed by atoms with E-state index in [9.17, 15) is 5.11 Å². The summed E-state index contributed by atoms with van der Waals surface area (Å²) >= 11 is 0. The molecule has 20 heavy (non-hydrogen) atoms. The van der Waals surface area contributed by atoms with Crippen LogP contribution in [-0.4, -0.2) is 38.3 Å². The monoisotopic (exact) mass is 276 g/mol. The highest BCUT2D eigenvalue weighted by Gasteiger charge is 2.21. The summed E-state index contributed by atoms with van der Waals surface area (Å²) < 4.78 is 5.28. The van der Waals surface area contributed by atoms with Gasteiger partial charge in [-0.05, 0) is 18.6 Å². The van der Waals surface area contributed by atoms with Crippen molar-refractivity contribution in [2.24, 2.45) is 0 Å². The summed E-state index contributed by atoms with van der Waals surface area (Å²) in [7, 11) is 0. The van der Waals surface area contributed by atoms with Crippen molar-refractivity contribution in [3.63, 3.8) is 0 Å². The molecule has 108 valence electrons. The first-order valence-corrected chi connectivity index (χ1v) is 6.81. The zero-order chi connectivity index (χ0) is 14.4. The van der Waals surface area contributed by atoms with Crippen LogP contribution in [0, 0.1) is 0 Å². The van der Waals surface area contributed by atoms with Gasteiger partial charge in [0.25, 0.3) is 0 Å². The molecule has 0 saturated heterocycles. The molecule has 2 heterocycles. The third-order valence-electron chi connectivity index (χ3n) is 3.20. The summed E-state index contributed by atoms with van der Waals surface area (Å²) in [5, 5.41) is 13.2. The molecule has 1 unspecified atom stereocenters. The van der Waals surface area contributed by atoms with E-state index in [-0.39, 0.29) is 12.6 Å². The highest BCUT2D eigenvalue weighted by atomic mass is 16.5. The lowest BCUT2D eigenvalue weighted by atomic mass is 10.2. The number of rotatable bonds is 7. The van der Waals surface area contributed by atoms with E-state index in [2.05, 4.69) is 20.0 Å². The Labute approximate surface area is 118 Å². The summed E-state index contributed by atoms with van der Waals surface area (Å²) in [6.45, 7) is 5.29. The maximum atomic E-state index is 9.24. The van der Waals surface area contributed by atoms with E-state index in [0.717, 1.165) is 12.0 Å². The van der Waals surface area contributed by atoms with Gasteiger partial charge >= 0.3 is 0 Å². The first kappa shape index (κ1) is 14.6. The van der Waals surface area contributed by atoms with Crippen LogP contribution in [0.2, 0.25) is 0 Å². The van der Waals surface area contributed by atoms with E-state index in [1.165, 1.54) is 0 Å². The predicted molar refractivity (Wildman–Crippen MR) is 73.8 cm³/mol.